The Morgan fingerprint density at radius 1 is 0.357 bits per heavy atom. The lowest BCUT2D eigenvalue weighted by Gasteiger charge is -2.15. The molecule has 198 valence electrons. The first-order chi connectivity index (χ1) is 20.8. The highest BCUT2D eigenvalue weighted by atomic mass is 16.5. The van der Waals surface area contributed by atoms with Crippen molar-refractivity contribution in [3.05, 3.63) is 146 Å². The molecular formula is C38H24N2O2. The molecule has 0 saturated heterocycles. The van der Waals surface area contributed by atoms with Crippen molar-refractivity contribution in [2.45, 2.75) is 0 Å². The summed E-state index contributed by atoms with van der Waals surface area (Å²) in [5.41, 5.74) is 2.04. The van der Waals surface area contributed by atoms with Gasteiger partial charge in [0.2, 0.25) is 11.8 Å². The number of hydrogen-bond donors (Lipinski definition) is 0. The van der Waals surface area contributed by atoms with Crippen LogP contribution in [0, 0.1) is 0 Å². The second kappa shape index (κ2) is 10.0. The van der Waals surface area contributed by atoms with Crippen LogP contribution in [0.25, 0.3) is 54.2 Å². The average molecular weight is 541 g/mol. The Balaban J connectivity index is 1.29. The number of hydrogen-bond acceptors (Lipinski definition) is 4. The summed E-state index contributed by atoms with van der Waals surface area (Å²) in [7, 11) is 0. The smallest absolute Gasteiger partial charge is 0.227 e. The normalized spacial score (nSPS) is 11.3. The molecule has 0 spiro atoms. The van der Waals surface area contributed by atoms with Crippen LogP contribution in [-0.2, 0) is 0 Å². The van der Waals surface area contributed by atoms with Gasteiger partial charge in [-0.25, -0.2) is 9.97 Å². The Labute approximate surface area is 242 Å². The van der Waals surface area contributed by atoms with Gasteiger partial charge in [-0.2, -0.15) is 0 Å². The minimum atomic E-state index is 0.583. The Morgan fingerprint density at radius 2 is 0.738 bits per heavy atom. The molecule has 0 saturated carbocycles. The van der Waals surface area contributed by atoms with Crippen molar-refractivity contribution in [2.24, 2.45) is 0 Å². The van der Waals surface area contributed by atoms with Crippen LogP contribution in [0.5, 0.6) is 23.3 Å². The first-order valence-electron chi connectivity index (χ1n) is 13.9. The van der Waals surface area contributed by atoms with Crippen LogP contribution in [0.4, 0.5) is 0 Å². The van der Waals surface area contributed by atoms with Crippen LogP contribution in [-0.4, -0.2) is 9.97 Å². The van der Waals surface area contributed by atoms with E-state index in [1.54, 1.807) is 12.4 Å². The lowest BCUT2D eigenvalue weighted by molar-refractivity contribution is 0.474. The fourth-order valence-corrected chi connectivity index (χ4v) is 5.61. The van der Waals surface area contributed by atoms with E-state index in [0.717, 1.165) is 65.7 Å². The lowest BCUT2D eigenvalue weighted by Crippen LogP contribution is -1.93. The van der Waals surface area contributed by atoms with Gasteiger partial charge in [0.25, 0.3) is 0 Å². The summed E-state index contributed by atoms with van der Waals surface area (Å²) < 4.78 is 13.2. The van der Waals surface area contributed by atoms with Crippen LogP contribution in [0.1, 0.15) is 0 Å². The second-order valence-corrected chi connectivity index (χ2v) is 10.3. The number of benzene rings is 6. The third-order valence-corrected chi connectivity index (χ3v) is 7.67. The highest BCUT2D eigenvalue weighted by molar-refractivity contribution is 5.98. The number of nitrogens with zero attached hydrogens (tertiary/aromatic N) is 2. The maximum atomic E-state index is 6.58. The molecule has 4 heteroatoms. The third kappa shape index (κ3) is 4.27. The SMILES string of the molecule is c1ccc2c(Oc3nccc4ccccc34)cc(-c3cc(Oc4nccc5ccccc45)c4ccccc4c3)cc2c1. The Bertz CT molecular complexity index is 2100. The lowest BCUT2D eigenvalue weighted by atomic mass is 9.97. The second-order valence-electron chi connectivity index (χ2n) is 10.3. The van der Waals surface area contributed by atoms with E-state index in [9.17, 15) is 0 Å². The van der Waals surface area contributed by atoms with Gasteiger partial charge in [-0.1, -0.05) is 84.9 Å². The van der Waals surface area contributed by atoms with Gasteiger partial charge in [-0.15, -0.1) is 0 Å². The molecule has 6 aromatic carbocycles. The Kier molecular flexibility index (Phi) is 5.75. The highest BCUT2D eigenvalue weighted by Crippen LogP contribution is 2.40. The van der Waals surface area contributed by atoms with E-state index in [0.29, 0.717) is 11.8 Å². The van der Waals surface area contributed by atoms with E-state index >= 15 is 0 Å². The molecule has 0 aliphatic heterocycles. The standard InChI is InChI=1S/C38H24N2O2/c1-7-15-33-25(9-1)17-19-39-37(33)41-35-23-29(21-27-11-3-5-13-31(27)35)30-22-28-12-4-6-14-32(28)36(24-30)42-38-34-16-8-2-10-26(34)18-20-40-38/h1-24H. The molecule has 4 nitrogen and oxygen atoms in total. The van der Waals surface area contributed by atoms with Crippen molar-refractivity contribution in [3.8, 4) is 34.4 Å². The molecule has 0 atom stereocenters. The van der Waals surface area contributed by atoms with Crippen molar-refractivity contribution < 1.29 is 9.47 Å². The highest BCUT2D eigenvalue weighted by Gasteiger charge is 2.14. The maximum Gasteiger partial charge on any atom is 0.227 e. The minimum absolute atomic E-state index is 0.583. The molecule has 8 aromatic rings. The molecule has 2 aromatic heterocycles. The van der Waals surface area contributed by atoms with Crippen molar-refractivity contribution in [2.75, 3.05) is 0 Å². The molecule has 2 heterocycles. The number of aromatic nitrogens is 2. The molecule has 0 bridgehead atoms. The predicted molar refractivity (Wildman–Crippen MR) is 171 cm³/mol. The summed E-state index contributed by atoms with van der Waals surface area (Å²) in [4.78, 5) is 9.18. The molecule has 0 radical (unpaired) electrons. The molecule has 0 fully saturated rings. The zero-order valence-corrected chi connectivity index (χ0v) is 22.6. The zero-order valence-electron chi connectivity index (χ0n) is 22.6. The van der Waals surface area contributed by atoms with E-state index < -0.39 is 0 Å². The van der Waals surface area contributed by atoms with Gasteiger partial charge < -0.3 is 9.47 Å². The Hall–Kier alpha value is -5.74. The van der Waals surface area contributed by atoms with E-state index in [4.69, 9.17) is 9.47 Å². The van der Waals surface area contributed by atoms with Crippen LogP contribution < -0.4 is 9.47 Å². The predicted octanol–water partition coefficient (Wildman–Crippen LogP) is 10.3. The quantitative estimate of drug-likeness (QED) is 0.218. The maximum absolute atomic E-state index is 6.58. The molecule has 8 rings (SSSR count). The summed E-state index contributed by atoms with van der Waals surface area (Å²) in [5.74, 6) is 2.66. The summed E-state index contributed by atoms with van der Waals surface area (Å²) in [6, 6.07) is 45.4. The van der Waals surface area contributed by atoms with Crippen LogP contribution in [0.3, 0.4) is 0 Å². The van der Waals surface area contributed by atoms with Gasteiger partial charge in [0.1, 0.15) is 11.5 Å². The summed E-state index contributed by atoms with van der Waals surface area (Å²) in [6.45, 7) is 0. The topological polar surface area (TPSA) is 44.2 Å². The molecular weight excluding hydrogens is 516 g/mol. The number of fused-ring (bicyclic) bond motifs is 4. The number of rotatable bonds is 5. The number of pyridine rings is 2. The summed E-state index contributed by atoms with van der Waals surface area (Å²) in [5, 5.41) is 8.31. The van der Waals surface area contributed by atoms with Gasteiger partial charge in [0, 0.05) is 33.9 Å². The Morgan fingerprint density at radius 3 is 1.19 bits per heavy atom. The van der Waals surface area contributed by atoms with Gasteiger partial charge in [0.15, 0.2) is 0 Å². The number of ether oxygens (including phenoxy) is 2. The van der Waals surface area contributed by atoms with Gasteiger partial charge in [-0.05, 0) is 81.2 Å². The van der Waals surface area contributed by atoms with Crippen molar-refractivity contribution in [1.29, 1.82) is 0 Å². The fourth-order valence-electron chi connectivity index (χ4n) is 5.61. The average Bonchev–Trinajstić information content (AvgIpc) is 3.05. The van der Waals surface area contributed by atoms with Crippen molar-refractivity contribution in [1.82, 2.24) is 9.97 Å². The molecule has 0 aliphatic carbocycles. The molecule has 0 N–H and O–H groups in total. The van der Waals surface area contributed by atoms with Gasteiger partial charge in [0.05, 0.1) is 0 Å². The fraction of sp³-hybridized carbons (Fsp3) is 0. The van der Waals surface area contributed by atoms with Crippen LogP contribution in [0.2, 0.25) is 0 Å². The zero-order chi connectivity index (χ0) is 27.9. The summed E-state index contributed by atoms with van der Waals surface area (Å²) >= 11 is 0. The summed E-state index contributed by atoms with van der Waals surface area (Å²) in [6.07, 6.45) is 3.58. The van der Waals surface area contributed by atoms with Crippen molar-refractivity contribution in [3.63, 3.8) is 0 Å². The van der Waals surface area contributed by atoms with E-state index in [2.05, 4.69) is 70.6 Å². The van der Waals surface area contributed by atoms with E-state index in [-0.39, 0.29) is 0 Å². The van der Waals surface area contributed by atoms with Gasteiger partial charge >= 0.3 is 0 Å². The molecule has 42 heavy (non-hydrogen) atoms. The molecule has 0 unspecified atom stereocenters. The molecule has 0 amide bonds. The van der Waals surface area contributed by atoms with E-state index in [1.165, 1.54) is 0 Å². The van der Waals surface area contributed by atoms with E-state index in [1.807, 2.05) is 72.8 Å². The minimum Gasteiger partial charge on any atom is -0.438 e. The van der Waals surface area contributed by atoms with Crippen molar-refractivity contribution >= 4 is 43.1 Å². The molecule has 0 aliphatic rings. The van der Waals surface area contributed by atoms with Crippen LogP contribution in [0.15, 0.2) is 146 Å². The first kappa shape index (κ1) is 24.1. The first-order valence-corrected chi connectivity index (χ1v) is 13.9. The monoisotopic (exact) mass is 540 g/mol. The largest absolute Gasteiger partial charge is 0.438 e. The van der Waals surface area contributed by atoms with Crippen LogP contribution >= 0.6 is 0 Å². The third-order valence-electron chi connectivity index (χ3n) is 7.67. The van der Waals surface area contributed by atoms with Gasteiger partial charge in [-0.3, -0.25) is 0 Å².